The molecule has 1 atom stereocenters. The van der Waals surface area contributed by atoms with Crippen molar-refractivity contribution in [1.29, 1.82) is 0 Å². The highest BCUT2D eigenvalue weighted by Crippen LogP contribution is 2.23. The van der Waals surface area contributed by atoms with Gasteiger partial charge in [-0.1, -0.05) is 12.1 Å². The van der Waals surface area contributed by atoms with Gasteiger partial charge in [0.1, 0.15) is 42.2 Å². The number of aromatic amines is 1. The zero-order valence-electron chi connectivity index (χ0n) is 16.2. The number of rotatable bonds is 7. The molecule has 4 aromatic rings. The SMILES string of the molecule is CC(OCc1nc2ccc(F)cc2[nH]1)c1ccc(OCc2cc(F)ccc2F)cc1. The average Bonchev–Trinajstić information content (AvgIpc) is 3.15. The van der Waals surface area contributed by atoms with E-state index in [4.69, 9.17) is 9.47 Å². The van der Waals surface area contributed by atoms with Gasteiger partial charge >= 0.3 is 0 Å². The van der Waals surface area contributed by atoms with Crippen LogP contribution in [0.4, 0.5) is 13.2 Å². The molecule has 0 bridgehead atoms. The molecule has 0 amide bonds. The first-order valence-corrected chi connectivity index (χ1v) is 9.40. The number of ether oxygens (including phenoxy) is 2. The number of nitrogens with zero attached hydrogens (tertiary/aromatic N) is 1. The van der Waals surface area contributed by atoms with E-state index in [9.17, 15) is 13.2 Å². The number of benzene rings is 3. The molecule has 0 saturated carbocycles. The van der Waals surface area contributed by atoms with Crippen LogP contribution in [0.15, 0.2) is 60.7 Å². The quantitative estimate of drug-likeness (QED) is 0.415. The fourth-order valence-electron chi connectivity index (χ4n) is 3.05. The van der Waals surface area contributed by atoms with Crippen molar-refractivity contribution in [2.24, 2.45) is 0 Å². The van der Waals surface area contributed by atoms with E-state index in [1.165, 1.54) is 12.1 Å². The molecule has 0 aliphatic heterocycles. The average molecular weight is 412 g/mol. The zero-order valence-corrected chi connectivity index (χ0v) is 16.2. The molecule has 1 heterocycles. The third-order valence-electron chi connectivity index (χ3n) is 4.71. The summed E-state index contributed by atoms with van der Waals surface area (Å²) in [5.41, 5.74) is 2.37. The Bertz CT molecular complexity index is 1160. The molecular formula is C23H19F3N2O2. The molecule has 0 saturated heterocycles. The van der Waals surface area contributed by atoms with Crippen molar-refractivity contribution in [1.82, 2.24) is 9.97 Å². The molecule has 0 radical (unpaired) electrons. The van der Waals surface area contributed by atoms with Crippen molar-refractivity contribution in [3.8, 4) is 5.75 Å². The van der Waals surface area contributed by atoms with Crippen LogP contribution in [0.3, 0.4) is 0 Å². The molecule has 1 N–H and O–H groups in total. The van der Waals surface area contributed by atoms with Gasteiger partial charge in [0, 0.05) is 5.56 Å². The molecule has 0 aliphatic carbocycles. The maximum Gasteiger partial charge on any atom is 0.133 e. The summed E-state index contributed by atoms with van der Waals surface area (Å²) in [6.45, 7) is 2.08. The number of nitrogens with one attached hydrogen (secondary N) is 1. The molecule has 1 aromatic heterocycles. The summed E-state index contributed by atoms with van der Waals surface area (Å²) in [7, 11) is 0. The van der Waals surface area contributed by atoms with Gasteiger partial charge < -0.3 is 14.5 Å². The first-order chi connectivity index (χ1) is 14.5. The molecule has 0 aliphatic rings. The van der Waals surface area contributed by atoms with Crippen molar-refractivity contribution in [3.05, 3.63) is 95.1 Å². The van der Waals surface area contributed by atoms with Crippen LogP contribution in [-0.2, 0) is 18.0 Å². The highest BCUT2D eigenvalue weighted by Gasteiger charge is 2.10. The Morgan fingerprint density at radius 1 is 0.900 bits per heavy atom. The van der Waals surface area contributed by atoms with Crippen LogP contribution in [0.5, 0.6) is 5.75 Å². The van der Waals surface area contributed by atoms with Crippen LogP contribution in [-0.4, -0.2) is 9.97 Å². The van der Waals surface area contributed by atoms with Crippen LogP contribution in [0.25, 0.3) is 11.0 Å². The molecule has 7 heteroatoms. The van der Waals surface area contributed by atoms with E-state index in [1.54, 1.807) is 18.2 Å². The second kappa shape index (κ2) is 8.59. The summed E-state index contributed by atoms with van der Waals surface area (Å²) in [5, 5.41) is 0. The number of fused-ring (bicyclic) bond motifs is 1. The van der Waals surface area contributed by atoms with Gasteiger partial charge in [0.05, 0.1) is 17.1 Å². The maximum absolute atomic E-state index is 13.7. The van der Waals surface area contributed by atoms with E-state index in [-0.39, 0.29) is 30.7 Å². The Hall–Kier alpha value is -3.32. The lowest BCUT2D eigenvalue weighted by molar-refractivity contribution is 0.0488. The number of H-pyrrole nitrogens is 1. The highest BCUT2D eigenvalue weighted by atomic mass is 19.1. The Kier molecular flexibility index (Phi) is 5.72. The molecule has 30 heavy (non-hydrogen) atoms. The summed E-state index contributed by atoms with van der Waals surface area (Å²) >= 11 is 0. The fourth-order valence-corrected chi connectivity index (χ4v) is 3.05. The monoisotopic (exact) mass is 412 g/mol. The summed E-state index contributed by atoms with van der Waals surface area (Å²) in [6.07, 6.45) is -0.218. The first-order valence-electron chi connectivity index (χ1n) is 9.40. The maximum atomic E-state index is 13.7. The van der Waals surface area contributed by atoms with Crippen molar-refractivity contribution in [2.45, 2.75) is 26.2 Å². The Morgan fingerprint density at radius 3 is 2.43 bits per heavy atom. The van der Waals surface area contributed by atoms with Crippen molar-refractivity contribution >= 4 is 11.0 Å². The van der Waals surface area contributed by atoms with Crippen molar-refractivity contribution in [2.75, 3.05) is 0 Å². The molecule has 4 rings (SSSR count). The normalized spacial score (nSPS) is 12.3. The van der Waals surface area contributed by atoms with Crippen molar-refractivity contribution in [3.63, 3.8) is 0 Å². The fraction of sp³-hybridized carbons (Fsp3) is 0.174. The summed E-state index contributed by atoms with van der Waals surface area (Å²) in [5.74, 6) is -0.197. The Balaban J connectivity index is 1.34. The van der Waals surface area contributed by atoms with Gasteiger partial charge in [-0.15, -0.1) is 0 Å². The van der Waals surface area contributed by atoms with Crippen LogP contribution >= 0.6 is 0 Å². The highest BCUT2D eigenvalue weighted by molar-refractivity contribution is 5.74. The summed E-state index contributed by atoms with van der Waals surface area (Å²) < 4.78 is 51.6. The van der Waals surface area contributed by atoms with Gasteiger partial charge in [-0.3, -0.25) is 0 Å². The number of halogens is 3. The van der Waals surface area contributed by atoms with E-state index in [1.807, 2.05) is 19.1 Å². The van der Waals surface area contributed by atoms with Gasteiger partial charge in [0.25, 0.3) is 0 Å². The lowest BCUT2D eigenvalue weighted by Crippen LogP contribution is -2.02. The van der Waals surface area contributed by atoms with Gasteiger partial charge in [-0.2, -0.15) is 0 Å². The first kappa shape index (κ1) is 20.0. The van der Waals surface area contributed by atoms with E-state index in [0.717, 1.165) is 23.8 Å². The van der Waals surface area contributed by atoms with Crippen LogP contribution < -0.4 is 4.74 Å². The predicted octanol–water partition coefficient (Wildman–Crippen LogP) is 5.84. The molecular weight excluding hydrogens is 393 g/mol. The topological polar surface area (TPSA) is 47.1 Å². The van der Waals surface area contributed by atoms with E-state index >= 15 is 0 Å². The second-order valence-corrected chi connectivity index (χ2v) is 6.89. The second-order valence-electron chi connectivity index (χ2n) is 6.89. The van der Waals surface area contributed by atoms with Gasteiger partial charge in [0.15, 0.2) is 0 Å². The third-order valence-corrected chi connectivity index (χ3v) is 4.71. The minimum absolute atomic E-state index is 0.0678. The number of aromatic nitrogens is 2. The third kappa shape index (κ3) is 4.63. The molecule has 1 unspecified atom stereocenters. The number of hydrogen-bond donors (Lipinski definition) is 1. The summed E-state index contributed by atoms with van der Waals surface area (Å²) in [6, 6.07) is 14.8. The molecule has 0 fully saturated rings. The minimum atomic E-state index is -0.511. The van der Waals surface area contributed by atoms with Crippen LogP contribution in [0, 0.1) is 17.5 Å². The van der Waals surface area contributed by atoms with Gasteiger partial charge in [-0.05, 0) is 61.0 Å². The lowest BCUT2D eigenvalue weighted by atomic mass is 10.1. The number of imidazole rings is 1. The molecule has 154 valence electrons. The van der Waals surface area contributed by atoms with Crippen LogP contribution in [0.2, 0.25) is 0 Å². The van der Waals surface area contributed by atoms with Gasteiger partial charge in [-0.25, -0.2) is 18.2 Å². The smallest absolute Gasteiger partial charge is 0.133 e. The van der Waals surface area contributed by atoms with E-state index < -0.39 is 11.6 Å². The minimum Gasteiger partial charge on any atom is -0.489 e. The number of hydrogen-bond acceptors (Lipinski definition) is 3. The predicted molar refractivity (Wildman–Crippen MR) is 106 cm³/mol. The Labute approximate surface area is 171 Å². The van der Waals surface area contributed by atoms with E-state index in [0.29, 0.717) is 22.6 Å². The van der Waals surface area contributed by atoms with E-state index in [2.05, 4.69) is 9.97 Å². The standard InChI is InChI=1S/C23H19F3N2O2/c1-14(29-13-23-27-21-9-5-18(25)11-22(21)28-23)15-2-6-19(7-3-15)30-12-16-10-17(24)4-8-20(16)26/h2-11,14H,12-13H2,1H3,(H,27,28). The van der Waals surface area contributed by atoms with Crippen molar-refractivity contribution < 1.29 is 22.6 Å². The molecule has 0 spiro atoms. The van der Waals surface area contributed by atoms with Crippen LogP contribution in [0.1, 0.15) is 30.0 Å². The Morgan fingerprint density at radius 2 is 1.63 bits per heavy atom. The largest absolute Gasteiger partial charge is 0.489 e. The molecule has 4 nitrogen and oxygen atoms in total. The van der Waals surface area contributed by atoms with Gasteiger partial charge in [0.2, 0.25) is 0 Å². The zero-order chi connectivity index (χ0) is 21.1. The lowest BCUT2D eigenvalue weighted by Gasteiger charge is -2.13. The molecule has 3 aromatic carbocycles. The summed E-state index contributed by atoms with van der Waals surface area (Å²) in [4.78, 5) is 7.42.